The van der Waals surface area contributed by atoms with Crippen LogP contribution < -0.4 is 15.4 Å². The average Bonchev–Trinajstić information content (AvgIpc) is 2.80. The van der Waals surface area contributed by atoms with Crippen molar-refractivity contribution in [2.24, 2.45) is 7.05 Å². The van der Waals surface area contributed by atoms with E-state index < -0.39 is 0 Å². The Bertz CT molecular complexity index is 700. The Morgan fingerprint density at radius 2 is 2.17 bits per heavy atom. The van der Waals surface area contributed by atoms with E-state index in [1.165, 1.54) is 12.1 Å². The summed E-state index contributed by atoms with van der Waals surface area (Å²) in [5.41, 5.74) is 2.58. The third-order valence-electron chi connectivity index (χ3n) is 3.66. The third-order valence-corrected chi connectivity index (χ3v) is 3.66. The molecule has 0 radical (unpaired) electrons. The largest absolute Gasteiger partial charge is 0.481 e. The molecule has 0 unspecified atom stereocenters. The van der Waals surface area contributed by atoms with E-state index in [2.05, 4.69) is 15.7 Å². The Balaban J connectivity index is 1.71. The quantitative estimate of drug-likeness (QED) is 0.715. The number of methoxy groups -OCH3 is 1. The molecular formula is C17H23FN4O2. The summed E-state index contributed by atoms with van der Waals surface area (Å²) in [6, 6.07) is 6.07. The van der Waals surface area contributed by atoms with Crippen LogP contribution in [0, 0.1) is 12.7 Å². The van der Waals surface area contributed by atoms with Crippen LogP contribution in [-0.4, -0.2) is 35.9 Å². The van der Waals surface area contributed by atoms with Gasteiger partial charge in [-0.25, -0.2) is 9.07 Å². The molecule has 0 bridgehead atoms. The van der Waals surface area contributed by atoms with E-state index in [0.717, 1.165) is 17.1 Å². The van der Waals surface area contributed by atoms with Crippen LogP contribution in [0.5, 0.6) is 5.88 Å². The zero-order valence-electron chi connectivity index (χ0n) is 14.2. The number of carbonyl (C=O) groups is 1. The summed E-state index contributed by atoms with van der Waals surface area (Å²) in [5.74, 6) is 0.274. The molecule has 0 atom stereocenters. The molecule has 1 aromatic carbocycles. The van der Waals surface area contributed by atoms with E-state index in [0.29, 0.717) is 25.2 Å². The van der Waals surface area contributed by atoms with Gasteiger partial charge >= 0.3 is 0 Å². The number of aryl methyl sites for hydroxylation is 2. The number of hydrogen-bond donors (Lipinski definition) is 2. The molecule has 0 fully saturated rings. The molecule has 0 aliphatic rings. The van der Waals surface area contributed by atoms with E-state index in [1.54, 1.807) is 23.9 Å². The number of benzene rings is 1. The Kier molecular flexibility index (Phi) is 6.31. The van der Waals surface area contributed by atoms with Crippen LogP contribution in [0.25, 0.3) is 0 Å². The minimum absolute atomic E-state index is 0.127. The lowest BCUT2D eigenvalue weighted by Crippen LogP contribution is -2.32. The molecular weight excluding hydrogens is 311 g/mol. The van der Waals surface area contributed by atoms with E-state index in [4.69, 9.17) is 4.74 Å². The Morgan fingerprint density at radius 1 is 1.38 bits per heavy atom. The molecule has 1 aromatic heterocycles. The fraction of sp³-hybridized carbons (Fsp3) is 0.412. The highest BCUT2D eigenvalue weighted by atomic mass is 19.1. The summed E-state index contributed by atoms with van der Waals surface area (Å²) < 4.78 is 20.1. The van der Waals surface area contributed by atoms with Gasteiger partial charge in [-0.1, -0.05) is 12.1 Å². The van der Waals surface area contributed by atoms with Crippen LogP contribution in [0.2, 0.25) is 0 Å². The van der Waals surface area contributed by atoms with Gasteiger partial charge in [-0.3, -0.25) is 4.79 Å². The molecule has 2 N–H and O–H groups in total. The monoisotopic (exact) mass is 334 g/mol. The Hall–Kier alpha value is -2.41. The molecule has 0 saturated carbocycles. The van der Waals surface area contributed by atoms with Crippen LogP contribution in [0.15, 0.2) is 24.3 Å². The number of nitrogens with one attached hydrogen (secondary N) is 2. The van der Waals surface area contributed by atoms with Crippen molar-refractivity contribution in [1.82, 2.24) is 20.4 Å². The van der Waals surface area contributed by atoms with Crippen molar-refractivity contribution in [3.8, 4) is 5.88 Å². The minimum Gasteiger partial charge on any atom is -0.481 e. The summed E-state index contributed by atoms with van der Waals surface area (Å²) in [4.78, 5) is 11.8. The second kappa shape index (κ2) is 8.44. The fourth-order valence-electron chi connectivity index (χ4n) is 2.54. The molecule has 1 heterocycles. The van der Waals surface area contributed by atoms with Gasteiger partial charge < -0.3 is 15.4 Å². The maximum Gasteiger partial charge on any atom is 0.224 e. The lowest BCUT2D eigenvalue weighted by atomic mass is 10.1. The van der Waals surface area contributed by atoms with Gasteiger partial charge in [0, 0.05) is 26.7 Å². The van der Waals surface area contributed by atoms with Gasteiger partial charge in [0.1, 0.15) is 5.82 Å². The van der Waals surface area contributed by atoms with Crippen LogP contribution in [0.1, 0.15) is 16.8 Å². The maximum atomic E-state index is 13.1. The number of amides is 1. The molecule has 1 amide bonds. The number of hydrogen-bond acceptors (Lipinski definition) is 4. The third kappa shape index (κ3) is 4.79. The summed E-state index contributed by atoms with van der Waals surface area (Å²) >= 11 is 0. The highest BCUT2D eigenvalue weighted by Crippen LogP contribution is 2.20. The molecule has 0 spiro atoms. The van der Waals surface area contributed by atoms with Gasteiger partial charge in [0.15, 0.2) is 0 Å². The number of aromatic nitrogens is 2. The molecule has 0 saturated heterocycles. The average molecular weight is 334 g/mol. The van der Waals surface area contributed by atoms with Gasteiger partial charge in [-0.2, -0.15) is 5.10 Å². The topological polar surface area (TPSA) is 68.2 Å². The first kappa shape index (κ1) is 17.9. The highest BCUT2D eigenvalue weighted by molar-refractivity contribution is 5.78. The van der Waals surface area contributed by atoms with Crippen molar-refractivity contribution in [2.45, 2.75) is 19.9 Å². The zero-order valence-corrected chi connectivity index (χ0v) is 14.2. The zero-order chi connectivity index (χ0) is 17.5. The molecule has 0 aliphatic heterocycles. The van der Waals surface area contributed by atoms with Gasteiger partial charge in [-0.05, 0) is 24.6 Å². The van der Waals surface area contributed by atoms with Crippen LogP contribution in [0.3, 0.4) is 0 Å². The maximum absolute atomic E-state index is 13.1. The summed E-state index contributed by atoms with van der Waals surface area (Å²) in [6.07, 6.45) is 0.174. The second-order valence-electron chi connectivity index (χ2n) is 5.53. The molecule has 7 heteroatoms. The fourth-order valence-corrected chi connectivity index (χ4v) is 2.54. The molecule has 130 valence electrons. The van der Waals surface area contributed by atoms with Crippen molar-refractivity contribution in [2.75, 3.05) is 20.2 Å². The van der Waals surface area contributed by atoms with E-state index in [-0.39, 0.29) is 18.1 Å². The number of halogens is 1. The van der Waals surface area contributed by atoms with Gasteiger partial charge in [0.2, 0.25) is 11.8 Å². The molecule has 2 aromatic rings. The van der Waals surface area contributed by atoms with E-state index in [1.807, 2.05) is 14.0 Å². The van der Waals surface area contributed by atoms with Gasteiger partial charge in [0.05, 0.1) is 24.8 Å². The highest BCUT2D eigenvalue weighted by Gasteiger charge is 2.12. The normalized spacial score (nSPS) is 10.7. The van der Waals surface area contributed by atoms with Crippen molar-refractivity contribution in [1.29, 1.82) is 0 Å². The predicted octanol–water partition coefficient (Wildman–Crippen LogP) is 1.32. The minimum atomic E-state index is -0.331. The van der Waals surface area contributed by atoms with Crippen molar-refractivity contribution >= 4 is 5.91 Å². The molecule has 0 aliphatic carbocycles. The molecule has 2 rings (SSSR count). The van der Waals surface area contributed by atoms with Gasteiger partial charge in [-0.15, -0.1) is 0 Å². The lowest BCUT2D eigenvalue weighted by Gasteiger charge is -2.08. The van der Waals surface area contributed by atoms with Gasteiger partial charge in [0.25, 0.3) is 0 Å². The first-order chi connectivity index (χ1) is 11.5. The number of nitrogens with zero attached hydrogens (tertiary/aromatic N) is 2. The lowest BCUT2D eigenvalue weighted by molar-refractivity contribution is -0.120. The van der Waals surface area contributed by atoms with Crippen molar-refractivity contribution < 1.29 is 13.9 Å². The van der Waals surface area contributed by atoms with Crippen molar-refractivity contribution in [3.05, 3.63) is 46.9 Å². The number of ether oxygens (including phenoxy) is 1. The summed E-state index contributed by atoms with van der Waals surface area (Å²) in [5, 5.41) is 10.4. The predicted molar refractivity (Wildman–Crippen MR) is 89.3 cm³/mol. The standard InChI is InChI=1S/C17H23FN4O2/c1-12-15(17(24-3)22(2)21-12)11-19-7-8-20-16(23)10-13-5-4-6-14(18)9-13/h4-6,9,19H,7-8,10-11H2,1-3H3,(H,20,23). The molecule has 24 heavy (non-hydrogen) atoms. The SMILES string of the molecule is COc1c(CNCCNC(=O)Cc2cccc(F)c2)c(C)nn1C. The first-order valence-electron chi connectivity index (χ1n) is 7.79. The first-order valence-corrected chi connectivity index (χ1v) is 7.79. The Morgan fingerprint density at radius 3 is 2.88 bits per heavy atom. The summed E-state index contributed by atoms with van der Waals surface area (Å²) in [6.45, 7) is 3.66. The van der Waals surface area contributed by atoms with Crippen LogP contribution in [0.4, 0.5) is 4.39 Å². The van der Waals surface area contributed by atoms with E-state index >= 15 is 0 Å². The number of rotatable bonds is 8. The van der Waals surface area contributed by atoms with Crippen molar-refractivity contribution in [3.63, 3.8) is 0 Å². The van der Waals surface area contributed by atoms with Crippen LogP contribution in [-0.2, 0) is 24.8 Å². The number of carbonyl (C=O) groups excluding carboxylic acids is 1. The second-order valence-corrected chi connectivity index (χ2v) is 5.53. The van der Waals surface area contributed by atoms with Crippen LogP contribution >= 0.6 is 0 Å². The summed E-state index contributed by atoms with van der Waals surface area (Å²) in [7, 11) is 3.45. The van der Waals surface area contributed by atoms with E-state index in [9.17, 15) is 9.18 Å². The Labute approximate surface area is 141 Å². The smallest absolute Gasteiger partial charge is 0.224 e. The molecule has 6 nitrogen and oxygen atoms in total.